The van der Waals surface area contributed by atoms with Crippen molar-refractivity contribution in [1.29, 1.82) is 0 Å². The molecule has 0 bridgehead atoms. The maximum Gasteiger partial charge on any atom is 0.167 e. The second-order valence-corrected chi connectivity index (χ2v) is 4.26. The molecule has 3 nitrogen and oxygen atoms in total. The highest BCUT2D eigenvalue weighted by molar-refractivity contribution is 5.40. The average molecular weight is 275 g/mol. The number of halogens is 1. The lowest BCUT2D eigenvalue weighted by Crippen LogP contribution is -2.07. The first kappa shape index (κ1) is 14.3. The molecule has 0 atom stereocenters. The van der Waals surface area contributed by atoms with Crippen molar-refractivity contribution in [1.82, 2.24) is 5.32 Å². The van der Waals surface area contributed by atoms with E-state index in [4.69, 9.17) is 9.47 Å². The van der Waals surface area contributed by atoms with Crippen molar-refractivity contribution < 1.29 is 13.9 Å². The van der Waals surface area contributed by atoms with Crippen LogP contribution in [0.25, 0.3) is 0 Å². The fourth-order valence-electron chi connectivity index (χ4n) is 1.89. The molecular weight excluding hydrogens is 257 g/mol. The third kappa shape index (κ3) is 3.48. The number of para-hydroxylation sites is 1. The summed E-state index contributed by atoms with van der Waals surface area (Å²) in [6.45, 7) is 3.08. The largest absolute Gasteiger partial charge is 0.494 e. The molecule has 2 aromatic rings. The molecule has 0 unspecified atom stereocenters. The molecule has 0 saturated carbocycles. The van der Waals surface area contributed by atoms with E-state index in [-0.39, 0.29) is 11.6 Å². The Morgan fingerprint density at radius 2 is 1.75 bits per heavy atom. The van der Waals surface area contributed by atoms with Gasteiger partial charge in [0.15, 0.2) is 11.6 Å². The van der Waals surface area contributed by atoms with Crippen LogP contribution in [0.4, 0.5) is 4.39 Å². The standard InChI is InChI=1S/C16H18FNO2/c1-3-19-13-7-9-14(10-8-13)20-16-12(11-18-2)5-4-6-15(16)17/h4-10,18H,3,11H2,1-2H3. The van der Waals surface area contributed by atoms with Crippen LogP contribution in [0.2, 0.25) is 0 Å². The van der Waals surface area contributed by atoms with Crippen molar-refractivity contribution in [3.63, 3.8) is 0 Å². The summed E-state index contributed by atoms with van der Waals surface area (Å²) < 4.78 is 24.9. The normalized spacial score (nSPS) is 10.3. The summed E-state index contributed by atoms with van der Waals surface area (Å²) in [7, 11) is 1.81. The summed E-state index contributed by atoms with van der Waals surface area (Å²) in [6, 6.07) is 12.0. The van der Waals surface area contributed by atoms with E-state index in [0.29, 0.717) is 18.9 Å². The first-order chi connectivity index (χ1) is 9.74. The van der Waals surface area contributed by atoms with E-state index >= 15 is 0 Å². The summed E-state index contributed by atoms with van der Waals surface area (Å²) in [6.07, 6.45) is 0. The number of rotatable bonds is 6. The molecule has 2 rings (SSSR count). The van der Waals surface area contributed by atoms with E-state index < -0.39 is 0 Å². The monoisotopic (exact) mass is 275 g/mol. The number of hydrogen-bond donors (Lipinski definition) is 1. The van der Waals surface area contributed by atoms with E-state index in [9.17, 15) is 4.39 Å². The Hall–Kier alpha value is -2.07. The third-order valence-electron chi connectivity index (χ3n) is 2.77. The average Bonchev–Trinajstić information content (AvgIpc) is 2.45. The van der Waals surface area contributed by atoms with E-state index in [1.54, 1.807) is 30.3 Å². The number of hydrogen-bond acceptors (Lipinski definition) is 3. The molecule has 0 fully saturated rings. The first-order valence-electron chi connectivity index (χ1n) is 6.57. The molecule has 4 heteroatoms. The zero-order valence-corrected chi connectivity index (χ0v) is 11.7. The second-order valence-electron chi connectivity index (χ2n) is 4.26. The molecular formula is C16H18FNO2. The summed E-state index contributed by atoms with van der Waals surface area (Å²) in [5.74, 6) is 1.23. The highest BCUT2D eigenvalue weighted by Crippen LogP contribution is 2.29. The van der Waals surface area contributed by atoms with Crippen molar-refractivity contribution in [3.8, 4) is 17.2 Å². The van der Waals surface area contributed by atoms with Gasteiger partial charge < -0.3 is 14.8 Å². The molecule has 20 heavy (non-hydrogen) atoms. The maximum absolute atomic E-state index is 13.9. The molecule has 0 heterocycles. The minimum Gasteiger partial charge on any atom is -0.494 e. The third-order valence-corrected chi connectivity index (χ3v) is 2.77. The van der Waals surface area contributed by atoms with E-state index in [2.05, 4.69) is 5.32 Å². The van der Waals surface area contributed by atoms with Gasteiger partial charge in [0.05, 0.1) is 6.61 Å². The molecule has 0 aromatic heterocycles. The number of benzene rings is 2. The topological polar surface area (TPSA) is 30.5 Å². The maximum atomic E-state index is 13.9. The zero-order chi connectivity index (χ0) is 14.4. The Balaban J connectivity index is 2.20. The minimum absolute atomic E-state index is 0.256. The minimum atomic E-state index is -0.369. The molecule has 1 N–H and O–H groups in total. The second kappa shape index (κ2) is 6.91. The van der Waals surface area contributed by atoms with Gasteiger partial charge in [-0.2, -0.15) is 0 Å². The van der Waals surface area contributed by atoms with Crippen LogP contribution in [0.5, 0.6) is 17.2 Å². The molecule has 0 spiro atoms. The fraction of sp³-hybridized carbons (Fsp3) is 0.250. The van der Waals surface area contributed by atoms with Crippen molar-refractivity contribution in [3.05, 3.63) is 53.8 Å². The SMILES string of the molecule is CCOc1ccc(Oc2c(F)cccc2CNC)cc1. The van der Waals surface area contributed by atoms with Crippen LogP contribution < -0.4 is 14.8 Å². The first-order valence-corrected chi connectivity index (χ1v) is 6.57. The van der Waals surface area contributed by atoms with E-state index in [0.717, 1.165) is 11.3 Å². The van der Waals surface area contributed by atoms with E-state index in [1.165, 1.54) is 6.07 Å². The zero-order valence-electron chi connectivity index (χ0n) is 11.7. The lowest BCUT2D eigenvalue weighted by molar-refractivity contribution is 0.339. The quantitative estimate of drug-likeness (QED) is 0.871. The van der Waals surface area contributed by atoms with Crippen LogP contribution in [-0.4, -0.2) is 13.7 Å². The van der Waals surface area contributed by atoms with Gasteiger partial charge in [-0.1, -0.05) is 12.1 Å². The van der Waals surface area contributed by atoms with Gasteiger partial charge in [0.2, 0.25) is 0 Å². The van der Waals surface area contributed by atoms with Crippen LogP contribution in [0.3, 0.4) is 0 Å². The summed E-state index contributed by atoms with van der Waals surface area (Å²) >= 11 is 0. The summed E-state index contributed by atoms with van der Waals surface area (Å²) in [5, 5.41) is 3.00. The van der Waals surface area contributed by atoms with Gasteiger partial charge in [-0.05, 0) is 44.3 Å². The lowest BCUT2D eigenvalue weighted by atomic mass is 10.2. The molecule has 106 valence electrons. The Labute approximate surface area is 118 Å². The smallest absolute Gasteiger partial charge is 0.167 e. The van der Waals surface area contributed by atoms with Gasteiger partial charge in [0, 0.05) is 12.1 Å². The predicted molar refractivity (Wildman–Crippen MR) is 76.8 cm³/mol. The Morgan fingerprint density at radius 1 is 1.05 bits per heavy atom. The summed E-state index contributed by atoms with van der Waals surface area (Å²) in [4.78, 5) is 0. The number of nitrogens with one attached hydrogen (secondary N) is 1. The lowest BCUT2D eigenvalue weighted by Gasteiger charge is -2.12. The molecule has 0 aliphatic heterocycles. The summed E-state index contributed by atoms with van der Waals surface area (Å²) in [5.41, 5.74) is 0.779. The molecule has 0 aliphatic rings. The molecule has 0 aliphatic carbocycles. The van der Waals surface area contributed by atoms with Crippen LogP contribution in [0, 0.1) is 5.82 Å². The van der Waals surface area contributed by atoms with Gasteiger partial charge in [-0.15, -0.1) is 0 Å². The van der Waals surface area contributed by atoms with Gasteiger partial charge >= 0.3 is 0 Å². The van der Waals surface area contributed by atoms with Gasteiger partial charge in [0.1, 0.15) is 11.5 Å². The van der Waals surface area contributed by atoms with Crippen LogP contribution in [0.1, 0.15) is 12.5 Å². The molecule has 0 radical (unpaired) electrons. The van der Waals surface area contributed by atoms with E-state index in [1.807, 2.05) is 20.0 Å². The molecule has 0 amide bonds. The van der Waals surface area contributed by atoms with Gasteiger partial charge in [-0.25, -0.2) is 4.39 Å². The molecule has 0 saturated heterocycles. The highest BCUT2D eigenvalue weighted by atomic mass is 19.1. The van der Waals surface area contributed by atoms with Crippen molar-refractivity contribution in [2.45, 2.75) is 13.5 Å². The number of ether oxygens (including phenoxy) is 2. The van der Waals surface area contributed by atoms with Crippen molar-refractivity contribution in [2.75, 3.05) is 13.7 Å². The van der Waals surface area contributed by atoms with Crippen LogP contribution >= 0.6 is 0 Å². The van der Waals surface area contributed by atoms with Gasteiger partial charge in [-0.3, -0.25) is 0 Å². The fourth-order valence-corrected chi connectivity index (χ4v) is 1.89. The van der Waals surface area contributed by atoms with Crippen LogP contribution in [0.15, 0.2) is 42.5 Å². The Bertz CT molecular complexity index is 555. The van der Waals surface area contributed by atoms with Crippen LogP contribution in [-0.2, 0) is 6.54 Å². The Kier molecular flexibility index (Phi) is 4.96. The van der Waals surface area contributed by atoms with Gasteiger partial charge in [0.25, 0.3) is 0 Å². The predicted octanol–water partition coefficient (Wildman–Crippen LogP) is 3.74. The van der Waals surface area contributed by atoms with Crippen molar-refractivity contribution >= 4 is 0 Å². The Morgan fingerprint density at radius 3 is 2.40 bits per heavy atom. The van der Waals surface area contributed by atoms with Crippen molar-refractivity contribution in [2.24, 2.45) is 0 Å². The molecule has 2 aromatic carbocycles. The highest BCUT2D eigenvalue weighted by Gasteiger charge is 2.10.